The van der Waals surface area contributed by atoms with Gasteiger partial charge in [0.25, 0.3) is 0 Å². The van der Waals surface area contributed by atoms with Crippen molar-refractivity contribution in [1.82, 2.24) is 15.2 Å². The second kappa shape index (κ2) is 7.84. The van der Waals surface area contributed by atoms with Gasteiger partial charge < -0.3 is 10.2 Å². The summed E-state index contributed by atoms with van der Waals surface area (Å²) >= 11 is 0. The molecule has 1 saturated heterocycles. The summed E-state index contributed by atoms with van der Waals surface area (Å²) in [6.07, 6.45) is 3.38. The molecule has 3 heterocycles. The first-order chi connectivity index (χ1) is 13.9. The van der Waals surface area contributed by atoms with E-state index in [1.165, 1.54) is 12.1 Å². The van der Waals surface area contributed by atoms with E-state index in [9.17, 15) is 9.18 Å². The zero-order chi connectivity index (χ0) is 20.6. The van der Waals surface area contributed by atoms with Crippen LogP contribution in [0, 0.1) is 5.82 Å². The standard InChI is InChI=1S/C23H29FN4O/c1-16-13-27(9-8-25-16)21(14-29)28-15-23(2,3)22-20(28)11-18(12-26-22)10-17-4-6-19(24)7-5-17/h4-7,11-12,14,16,21,25H,8-10,13,15H2,1-3H3/t16-,21?/m1/s1. The molecule has 6 heteroatoms. The molecule has 5 nitrogen and oxygen atoms in total. The Balaban J connectivity index is 1.64. The number of rotatable bonds is 5. The number of aldehydes is 1. The molecule has 2 aromatic rings. The number of piperazine rings is 1. The maximum absolute atomic E-state index is 13.2. The number of hydrogen-bond donors (Lipinski definition) is 1. The second-order valence-corrected chi connectivity index (χ2v) is 8.93. The largest absolute Gasteiger partial charge is 0.347 e. The first-order valence-electron chi connectivity index (χ1n) is 10.3. The van der Waals surface area contributed by atoms with E-state index in [1.807, 2.05) is 6.20 Å². The molecule has 2 aliphatic rings. The van der Waals surface area contributed by atoms with Gasteiger partial charge in [-0.15, -0.1) is 0 Å². The first-order valence-corrected chi connectivity index (χ1v) is 10.3. The van der Waals surface area contributed by atoms with Gasteiger partial charge in [0, 0.05) is 43.8 Å². The topological polar surface area (TPSA) is 48.5 Å². The van der Waals surface area contributed by atoms with Crippen LogP contribution in [-0.2, 0) is 16.6 Å². The molecule has 1 aromatic carbocycles. The van der Waals surface area contributed by atoms with Crippen molar-refractivity contribution in [1.29, 1.82) is 0 Å². The Bertz CT molecular complexity index is 883. The van der Waals surface area contributed by atoms with Gasteiger partial charge >= 0.3 is 0 Å². The molecule has 0 saturated carbocycles. The lowest BCUT2D eigenvalue weighted by Gasteiger charge is -2.40. The predicted molar refractivity (Wildman–Crippen MR) is 113 cm³/mol. The zero-order valence-corrected chi connectivity index (χ0v) is 17.4. The highest BCUT2D eigenvalue weighted by Gasteiger charge is 2.41. The maximum atomic E-state index is 13.2. The van der Waals surface area contributed by atoms with E-state index in [0.717, 1.165) is 55.0 Å². The monoisotopic (exact) mass is 396 g/mol. The summed E-state index contributed by atoms with van der Waals surface area (Å²) < 4.78 is 13.2. The van der Waals surface area contributed by atoms with Crippen LogP contribution >= 0.6 is 0 Å². The zero-order valence-electron chi connectivity index (χ0n) is 17.4. The molecular weight excluding hydrogens is 367 g/mol. The lowest BCUT2D eigenvalue weighted by molar-refractivity contribution is -0.112. The van der Waals surface area contributed by atoms with E-state index in [0.29, 0.717) is 12.5 Å². The highest BCUT2D eigenvalue weighted by atomic mass is 19.1. The summed E-state index contributed by atoms with van der Waals surface area (Å²) in [7, 11) is 0. The Morgan fingerprint density at radius 1 is 1.31 bits per heavy atom. The van der Waals surface area contributed by atoms with Gasteiger partial charge in [0.15, 0.2) is 6.29 Å². The average Bonchev–Trinajstić information content (AvgIpc) is 2.95. The summed E-state index contributed by atoms with van der Waals surface area (Å²) in [4.78, 5) is 21.4. The third-order valence-corrected chi connectivity index (χ3v) is 5.98. The number of nitrogens with one attached hydrogen (secondary N) is 1. The normalized spacial score (nSPS) is 22.3. The van der Waals surface area contributed by atoms with Gasteiger partial charge in [-0.25, -0.2) is 4.39 Å². The molecule has 1 unspecified atom stereocenters. The molecule has 0 spiro atoms. The van der Waals surface area contributed by atoms with Crippen LogP contribution in [0.1, 0.15) is 37.6 Å². The van der Waals surface area contributed by atoms with Gasteiger partial charge in [-0.1, -0.05) is 26.0 Å². The quantitative estimate of drug-likeness (QED) is 0.788. The SMILES string of the molecule is C[C@@H]1CN(C(C=O)N2CC(C)(C)c3ncc(Cc4ccc(F)cc4)cc32)CCN1. The van der Waals surface area contributed by atoms with Crippen molar-refractivity contribution in [3.63, 3.8) is 0 Å². The molecule has 154 valence electrons. The number of halogens is 1. The molecule has 0 amide bonds. The molecule has 29 heavy (non-hydrogen) atoms. The minimum Gasteiger partial charge on any atom is -0.347 e. The van der Waals surface area contributed by atoms with Crippen LogP contribution in [-0.4, -0.2) is 54.6 Å². The Labute approximate surface area is 171 Å². The van der Waals surface area contributed by atoms with Crippen molar-refractivity contribution in [3.05, 3.63) is 59.2 Å². The number of carbonyl (C=O) groups is 1. The summed E-state index contributed by atoms with van der Waals surface area (Å²) in [5, 5.41) is 3.44. The fourth-order valence-electron chi connectivity index (χ4n) is 4.55. The van der Waals surface area contributed by atoms with E-state index in [4.69, 9.17) is 4.98 Å². The fraction of sp³-hybridized carbons (Fsp3) is 0.478. The molecule has 1 aromatic heterocycles. The molecule has 2 aliphatic heterocycles. The Morgan fingerprint density at radius 3 is 2.76 bits per heavy atom. The molecular formula is C23H29FN4O. The van der Waals surface area contributed by atoms with Crippen molar-refractivity contribution in [2.75, 3.05) is 31.1 Å². The smallest absolute Gasteiger partial charge is 0.157 e. The lowest BCUT2D eigenvalue weighted by Crippen LogP contribution is -2.58. The van der Waals surface area contributed by atoms with Crippen molar-refractivity contribution in [2.45, 2.75) is 44.8 Å². The molecule has 0 radical (unpaired) electrons. The molecule has 2 atom stereocenters. The minimum atomic E-state index is -0.289. The number of pyridine rings is 1. The van der Waals surface area contributed by atoms with E-state index >= 15 is 0 Å². The third-order valence-electron chi connectivity index (χ3n) is 5.98. The summed E-state index contributed by atoms with van der Waals surface area (Å²) in [6.45, 7) is 9.86. The van der Waals surface area contributed by atoms with Crippen molar-refractivity contribution < 1.29 is 9.18 Å². The van der Waals surface area contributed by atoms with Gasteiger partial charge in [0.05, 0.1) is 11.4 Å². The Kier molecular flexibility index (Phi) is 5.40. The van der Waals surface area contributed by atoms with Crippen LogP contribution in [0.4, 0.5) is 10.1 Å². The third kappa shape index (κ3) is 4.05. The number of hydrogen-bond acceptors (Lipinski definition) is 5. The number of carbonyl (C=O) groups excluding carboxylic acids is 1. The molecule has 1 fully saturated rings. The second-order valence-electron chi connectivity index (χ2n) is 8.93. The van der Waals surface area contributed by atoms with Gasteiger partial charge in [-0.3, -0.25) is 14.7 Å². The highest BCUT2D eigenvalue weighted by Crippen LogP contribution is 2.41. The van der Waals surface area contributed by atoms with Crippen LogP contribution in [0.2, 0.25) is 0 Å². The van der Waals surface area contributed by atoms with Crippen molar-refractivity contribution >= 4 is 12.0 Å². The number of nitrogens with zero attached hydrogens (tertiary/aromatic N) is 3. The predicted octanol–water partition coefficient (Wildman–Crippen LogP) is 2.73. The minimum absolute atomic E-state index is 0.120. The summed E-state index contributed by atoms with van der Waals surface area (Å²) in [6, 6.07) is 9.10. The molecule has 4 rings (SSSR count). The van der Waals surface area contributed by atoms with Gasteiger partial charge in [0.1, 0.15) is 12.0 Å². The Hall–Kier alpha value is -2.31. The number of anilines is 1. The number of fused-ring (bicyclic) bond motifs is 1. The van der Waals surface area contributed by atoms with Crippen LogP contribution in [0.15, 0.2) is 36.5 Å². The van der Waals surface area contributed by atoms with Crippen LogP contribution in [0.5, 0.6) is 0 Å². The molecule has 1 N–H and O–H groups in total. The van der Waals surface area contributed by atoms with Gasteiger partial charge in [0.2, 0.25) is 0 Å². The summed E-state index contributed by atoms with van der Waals surface area (Å²) in [5.74, 6) is -0.229. The van der Waals surface area contributed by atoms with E-state index < -0.39 is 0 Å². The van der Waals surface area contributed by atoms with Crippen LogP contribution < -0.4 is 10.2 Å². The maximum Gasteiger partial charge on any atom is 0.157 e. The van der Waals surface area contributed by atoms with Gasteiger partial charge in [-0.05, 0) is 42.7 Å². The summed E-state index contributed by atoms with van der Waals surface area (Å²) in [5.41, 5.74) is 4.06. The van der Waals surface area contributed by atoms with Crippen LogP contribution in [0.3, 0.4) is 0 Å². The number of aromatic nitrogens is 1. The number of benzene rings is 1. The van der Waals surface area contributed by atoms with Crippen molar-refractivity contribution in [3.8, 4) is 0 Å². The van der Waals surface area contributed by atoms with Gasteiger partial charge in [-0.2, -0.15) is 0 Å². The average molecular weight is 397 g/mol. The Morgan fingerprint density at radius 2 is 2.07 bits per heavy atom. The molecule has 0 aliphatic carbocycles. The lowest BCUT2D eigenvalue weighted by atomic mass is 9.91. The van der Waals surface area contributed by atoms with E-state index in [-0.39, 0.29) is 17.4 Å². The van der Waals surface area contributed by atoms with E-state index in [2.05, 4.69) is 42.0 Å². The molecule has 0 bridgehead atoms. The highest BCUT2D eigenvalue weighted by molar-refractivity contribution is 5.71. The van der Waals surface area contributed by atoms with Crippen LogP contribution in [0.25, 0.3) is 0 Å². The van der Waals surface area contributed by atoms with Crippen molar-refractivity contribution in [2.24, 2.45) is 0 Å². The fourth-order valence-corrected chi connectivity index (χ4v) is 4.55. The van der Waals surface area contributed by atoms with E-state index in [1.54, 1.807) is 12.1 Å². The first kappa shape index (κ1) is 20.0.